The molecular formula is C15H24N2O. The van der Waals surface area contributed by atoms with E-state index in [0.29, 0.717) is 12.1 Å². The van der Waals surface area contributed by atoms with Crippen LogP contribution in [0.25, 0.3) is 0 Å². The Morgan fingerprint density at radius 2 is 2.11 bits per heavy atom. The number of benzene rings is 1. The number of anilines is 1. The van der Waals surface area contributed by atoms with Gasteiger partial charge in [-0.1, -0.05) is 19.1 Å². The zero-order chi connectivity index (χ0) is 13.0. The lowest BCUT2D eigenvalue weighted by molar-refractivity contribution is 0.121. The maximum absolute atomic E-state index is 5.41. The van der Waals surface area contributed by atoms with Gasteiger partial charge in [-0.05, 0) is 37.6 Å². The highest BCUT2D eigenvalue weighted by Gasteiger charge is 2.22. The Kier molecular flexibility index (Phi) is 4.61. The van der Waals surface area contributed by atoms with E-state index in [9.17, 15) is 0 Å². The van der Waals surface area contributed by atoms with Crippen molar-refractivity contribution in [2.24, 2.45) is 0 Å². The molecule has 1 fully saturated rings. The fraction of sp³-hybridized carbons (Fsp3) is 0.600. The average Bonchev–Trinajstić information content (AvgIpc) is 2.90. The first kappa shape index (κ1) is 13.4. The second-order valence-electron chi connectivity index (χ2n) is 4.93. The van der Waals surface area contributed by atoms with Gasteiger partial charge in [-0.25, -0.2) is 0 Å². The summed E-state index contributed by atoms with van der Waals surface area (Å²) < 4.78 is 5.41. The van der Waals surface area contributed by atoms with Crippen molar-refractivity contribution >= 4 is 5.69 Å². The van der Waals surface area contributed by atoms with Gasteiger partial charge in [0.15, 0.2) is 0 Å². The number of hydrogen-bond acceptors (Lipinski definition) is 3. The summed E-state index contributed by atoms with van der Waals surface area (Å²) in [5.41, 5.74) is 2.68. The zero-order valence-electron chi connectivity index (χ0n) is 11.6. The van der Waals surface area contributed by atoms with Gasteiger partial charge in [0, 0.05) is 31.9 Å². The Balaban J connectivity index is 2.04. The third kappa shape index (κ3) is 2.85. The summed E-state index contributed by atoms with van der Waals surface area (Å²) in [4.78, 5) is 2.40. The van der Waals surface area contributed by atoms with Crippen LogP contribution in [-0.4, -0.2) is 33.4 Å². The first-order chi connectivity index (χ1) is 8.78. The molecule has 0 spiro atoms. The number of nitrogens with one attached hydrogen (secondary N) is 1. The Morgan fingerprint density at radius 1 is 1.39 bits per heavy atom. The lowest BCUT2D eigenvalue weighted by Gasteiger charge is -2.20. The van der Waals surface area contributed by atoms with E-state index in [1.807, 2.05) is 7.05 Å². The van der Waals surface area contributed by atoms with Crippen molar-refractivity contribution in [3.63, 3.8) is 0 Å². The monoisotopic (exact) mass is 248 g/mol. The van der Waals surface area contributed by atoms with Crippen LogP contribution in [0.3, 0.4) is 0 Å². The lowest BCUT2D eigenvalue weighted by Crippen LogP contribution is -2.22. The molecule has 0 aromatic heterocycles. The van der Waals surface area contributed by atoms with Crippen molar-refractivity contribution < 1.29 is 4.74 Å². The van der Waals surface area contributed by atoms with Crippen LogP contribution < -0.4 is 10.2 Å². The summed E-state index contributed by atoms with van der Waals surface area (Å²) in [7, 11) is 3.82. The number of ether oxygens (including phenoxy) is 1. The van der Waals surface area contributed by atoms with Crippen LogP contribution in [0.1, 0.15) is 31.4 Å². The molecular weight excluding hydrogens is 224 g/mol. The molecule has 18 heavy (non-hydrogen) atoms. The number of hydrogen-bond donors (Lipinski definition) is 1. The fourth-order valence-electron chi connectivity index (χ4n) is 2.68. The van der Waals surface area contributed by atoms with Crippen molar-refractivity contribution in [2.75, 3.05) is 32.1 Å². The van der Waals surface area contributed by atoms with Crippen molar-refractivity contribution in [1.29, 1.82) is 0 Å². The summed E-state index contributed by atoms with van der Waals surface area (Å²) >= 11 is 0. The third-order valence-electron chi connectivity index (χ3n) is 3.90. The topological polar surface area (TPSA) is 24.5 Å². The van der Waals surface area contributed by atoms with Gasteiger partial charge in [0.25, 0.3) is 0 Å². The van der Waals surface area contributed by atoms with E-state index in [2.05, 4.69) is 41.4 Å². The first-order valence-electron chi connectivity index (χ1n) is 6.83. The number of nitrogens with zero attached hydrogens (tertiary/aromatic N) is 1. The van der Waals surface area contributed by atoms with Gasteiger partial charge in [-0.2, -0.15) is 0 Å². The Bertz CT molecular complexity index is 359. The molecule has 3 nitrogen and oxygen atoms in total. The molecule has 0 amide bonds. The highest BCUT2D eigenvalue weighted by atomic mass is 16.5. The molecule has 1 saturated heterocycles. The fourth-order valence-corrected chi connectivity index (χ4v) is 2.68. The van der Waals surface area contributed by atoms with Crippen LogP contribution in [0.5, 0.6) is 0 Å². The molecule has 2 atom stereocenters. The minimum absolute atomic E-state index is 0.394. The molecule has 1 aromatic rings. The molecule has 1 N–H and O–H groups in total. The van der Waals surface area contributed by atoms with E-state index < -0.39 is 0 Å². The van der Waals surface area contributed by atoms with Crippen LogP contribution in [0.2, 0.25) is 0 Å². The van der Waals surface area contributed by atoms with Gasteiger partial charge in [0.05, 0.1) is 6.10 Å². The standard InChI is InChI=1S/C15H24N2O/c1-4-15(16-2)12-5-7-13(8-6-12)17-10-9-14(11-17)18-3/h5-8,14-16H,4,9-11H2,1-3H3. The summed E-state index contributed by atoms with van der Waals surface area (Å²) in [6.45, 7) is 4.32. The largest absolute Gasteiger partial charge is 0.380 e. The van der Waals surface area contributed by atoms with Crippen molar-refractivity contribution in [2.45, 2.75) is 31.9 Å². The summed E-state index contributed by atoms with van der Waals surface area (Å²) in [6, 6.07) is 9.39. The molecule has 2 unspecified atom stereocenters. The van der Waals surface area contributed by atoms with Gasteiger partial charge in [-0.3, -0.25) is 0 Å². The van der Waals surface area contributed by atoms with E-state index in [4.69, 9.17) is 4.74 Å². The predicted octanol–water partition coefficient (Wildman–Crippen LogP) is 2.58. The van der Waals surface area contributed by atoms with Crippen molar-refractivity contribution in [3.8, 4) is 0 Å². The van der Waals surface area contributed by atoms with E-state index in [1.54, 1.807) is 7.11 Å². The lowest BCUT2D eigenvalue weighted by atomic mass is 10.0. The summed E-state index contributed by atoms with van der Waals surface area (Å²) in [5.74, 6) is 0. The first-order valence-corrected chi connectivity index (χ1v) is 6.83. The van der Waals surface area contributed by atoms with Gasteiger partial charge < -0.3 is 15.0 Å². The third-order valence-corrected chi connectivity index (χ3v) is 3.90. The molecule has 0 aliphatic carbocycles. The van der Waals surface area contributed by atoms with Crippen LogP contribution in [0.4, 0.5) is 5.69 Å². The minimum atomic E-state index is 0.394. The molecule has 1 aliphatic rings. The van der Waals surface area contributed by atoms with Gasteiger partial charge >= 0.3 is 0 Å². The van der Waals surface area contributed by atoms with E-state index in [0.717, 1.165) is 25.9 Å². The molecule has 3 heteroatoms. The quantitative estimate of drug-likeness (QED) is 0.867. The normalized spacial score (nSPS) is 21.3. The molecule has 0 saturated carbocycles. The van der Waals surface area contributed by atoms with Crippen LogP contribution >= 0.6 is 0 Å². The molecule has 1 heterocycles. The molecule has 2 rings (SSSR count). The molecule has 1 aliphatic heterocycles. The van der Waals surface area contributed by atoms with E-state index in [1.165, 1.54) is 11.3 Å². The highest BCUT2D eigenvalue weighted by molar-refractivity contribution is 5.49. The van der Waals surface area contributed by atoms with Crippen molar-refractivity contribution in [3.05, 3.63) is 29.8 Å². The van der Waals surface area contributed by atoms with Gasteiger partial charge in [0.1, 0.15) is 0 Å². The second kappa shape index (κ2) is 6.21. The van der Waals surface area contributed by atoms with Gasteiger partial charge in [0.2, 0.25) is 0 Å². The van der Waals surface area contributed by atoms with Crippen LogP contribution in [0, 0.1) is 0 Å². The number of rotatable bonds is 5. The second-order valence-corrected chi connectivity index (χ2v) is 4.93. The Labute approximate surface area is 110 Å². The van der Waals surface area contributed by atoms with E-state index in [-0.39, 0.29) is 0 Å². The number of methoxy groups -OCH3 is 1. The predicted molar refractivity (Wildman–Crippen MR) is 76.2 cm³/mol. The average molecular weight is 248 g/mol. The van der Waals surface area contributed by atoms with Gasteiger partial charge in [-0.15, -0.1) is 0 Å². The zero-order valence-corrected chi connectivity index (χ0v) is 11.6. The van der Waals surface area contributed by atoms with Crippen molar-refractivity contribution in [1.82, 2.24) is 5.32 Å². The Hall–Kier alpha value is -1.06. The highest BCUT2D eigenvalue weighted by Crippen LogP contribution is 2.24. The molecule has 0 radical (unpaired) electrons. The van der Waals surface area contributed by atoms with E-state index >= 15 is 0 Å². The maximum Gasteiger partial charge on any atom is 0.0762 e. The minimum Gasteiger partial charge on any atom is -0.380 e. The molecule has 0 bridgehead atoms. The smallest absolute Gasteiger partial charge is 0.0762 e. The summed E-state index contributed by atoms with van der Waals surface area (Å²) in [5, 5.41) is 3.34. The Morgan fingerprint density at radius 3 is 2.61 bits per heavy atom. The van der Waals surface area contributed by atoms with Crippen LogP contribution in [0.15, 0.2) is 24.3 Å². The molecule has 1 aromatic carbocycles. The van der Waals surface area contributed by atoms with Crippen LogP contribution in [-0.2, 0) is 4.74 Å². The summed E-state index contributed by atoms with van der Waals surface area (Å²) in [6.07, 6.45) is 2.64. The molecule has 100 valence electrons. The maximum atomic E-state index is 5.41. The SMILES string of the molecule is CCC(NC)c1ccc(N2CCC(OC)C2)cc1.